The lowest BCUT2D eigenvalue weighted by molar-refractivity contribution is -0.134. The van der Waals surface area contributed by atoms with Crippen molar-refractivity contribution >= 4 is 11.9 Å². The number of amides is 3. The van der Waals surface area contributed by atoms with Crippen molar-refractivity contribution in [3.05, 3.63) is 65.2 Å². The minimum Gasteiger partial charge on any atom is -0.496 e. The van der Waals surface area contributed by atoms with Crippen molar-refractivity contribution in [1.82, 2.24) is 20.0 Å². The molecule has 2 aromatic carbocycles. The van der Waals surface area contributed by atoms with E-state index in [0.29, 0.717) is 13.1 Å². The highest BCUT2D eigenvalue weighted by atomic mass is 16.5. The number of benzene rings is 2. The highest BCUT2D eigenvalue weighted by Crippen LogP contribution is 2.35. The van der Waals surface area contributed by atoms with Crippen LogP contribution in [0.2, 0.25) is 0 Å². The van der Waals surface area contributed by atoms with Gasteiger partial charge in [-0.15, -0.1) is 0 Å². The first-order chi connectivity index (χ1) is 16.3. The maximum Gasteiger partial charge on any atom is 0.326 e. The minimum atomic E-state index is -0.990. The van der Waals surface area contributed by atoms with E-state index in [1.165, 1.54) is 16.0 Å². The van der Waals surface area contributed by atoms with E-state index in [9.17, 15) is 9.59 Å². The van der Waals surface area contributed by atoms with Gasteiger partial charge >= 0.3 is 6.03 Å². The van der Waals surface area contributed by atoms with Crippen molar-refractivity contribution in [2.24, 2.45) is 5.92 Å². The number of hydrogen-bond donors (Lipinski definition) is 1. The molecular weight excluding hydrogens is 428 g/mol. The number of nitrogens with zero attached hydrogens (tertiary/aromatic N) is 3. The smallest absolute Gasteiger partial charge is 0.326 e. The van der Waals surface area contributed by atoms with E-state index in [4.69, 9.17) is 4.74 Å². The Hall–Kier alpha value is -2.90. The van der Waals surface area contributed by atoms with E-state index in [1.54, 1.807) is 7.11 Å². The average Bonchev–Trinajstić information content (AvgIpc) is 3.05. The van der Waals surface area contributed by atoms with Crippen molar-refractivity contribution in [1.29, 1.82) is 0 Å². The molecule has 2 saturated heterocycles. The summed E-state index contributed by atoms with van der Waals surface area (Å²) in [5.74, 6) is 1.02. The Balaban J connectivity index is 1.41. The normalized spacial score (nSPS) is 21.9. The van der Waals surface area contributed by atoms with Gasteiger partial charge in [0.2, 0.25) is 0 Å². The van der Waals surface area contributed by atoms with Gasteiger partial charge < -0.3 is 10.1 Å². The number of rotatable bonds is 8. The van der Waals surface area contributed by atoms with Crippen molar-refractivity contribution in [3.8, 4) is 5.75 Å². The Kier molecular flexibility index (Phi) is 7.24. The molecule has 0 aliphatic carbocycles. The fourth-order valence-corrected chi connectivity index (χ4v) is 5.10. The number of carbonyl (C=O) groups excluding carboxylic acids is 2. The monoisotopic (exact) mass is 464 g/mol. The highest BCUT2D eigenvalue weighted by molar-refractivity contribution is 6.07. The topological polar surface area (TPSA) is 65.1 Å². The van der Waals surface area contributed by atoms with Gasteiger partial charge in [0.05, 0.1) is 13.8 Å². The van der Waals surface area contributed by atoms with Gasteiger partial charge in [-0.05, 0) is 30.9 Å². The molecule has 2 fully saturated rings. The molecule has 2 heterocycles. The summed E-state index contributed by atoms with van der Waals surface area (Å²) in [5, 5.41) is 3.05. The van der Waals surface area contributed by atoms with E-state index in [2.05, 4.69) is 48.0 Å². The first-order valence-corrected chi connectivity index (χ1v) is 12.1. The molecule has 0 radical (unpaired) electrons. The van der Waals surface area contributed by atoms with Crippen molar-refractivity contribution in [2.45, 2.75) is 39.3 Å². The third-order valence-electron chi connectivity index (χ3n) is 6.79. The van der Waals surface area contributed by atoms with Gasteiger partial charge in [0.25, 0.3) is 5.91 Å². The molecule has 0 saturated carbocycles. The summed E-state index contributed by atoms with van der Waals surface area (Å²) in [6, 6.07) is 15.6. The van der Waals surface area contributed by atoms with Crippen LogP contribution in [-0.2, 0) is 16.9 Å². The zero-order valence-electron chi connectivity index (χ0n) is 20.7. The molecule has 0 bridgehead atoms. The largest absolute Gasteiger partial charge is 0.496 e. The van der Waals surface area contributed by atoms with Gasteiger partial charge in [0.1, 0.15) is 11.3 Å². The molecule has 2 aromatic rings. The van der Waals surface area contributed by atoms with Crippen LogP contribution in [0.15, 0.2) is 48.5 Å². The molecule has 34 heavy (non-hydrogen) atoms. The van der Waals surface area contributed by atoms with E-state index in [0.717, 1.165) is 44.0 Å². The predicted octanol–water partition coefficient (Wildman–Crippen LogP) is 3.57. The van der Waals surface area contributed by atoms with Gasteiger partial charge in [-0.2, -0.15) is 0 Å². The maximum absolute atomic E-state index is 13.6. The fourth-order valence-electron chi connectivity index (χ4n) is 5.10. The molecule has 4 rings (SSSR count). The summed E-state index contributed by atoms with van der Waals surface area (Å²) < 4.78 is 5.53. The zero-order valence-corrected chi connectivity index (χ0v) is 20.7. The Morgan fingerprint density at radius 3 is 2.32 bits per heavy atom. The van der Waals surface area contributed by atoms with Crippen LogP contribution < -0.4 is 10.1 Å². The van der Waals surface area contributed by atoms with Gasteiger partial charge in [-0.1, -0.05) is 61.9 Å². The maximum atomic E-state index is 13.6. The van der Waals surface area contributed by atoms with Crippen LogP contribution in [0.5, 0.6) is 5.75 Å². The molecule has 182 valence electrons. The first-order valence-electron chi connectivity index (χ1n) is 12.1. The number of urea groups is 1. The number of hydrogen-bond acceptors (Lipinski definition) is 5. The highest BCUT2D eigenvalue weighted by Gasteiger charge is 2.52. The molecule has 2 aliphatic rings. The van der Waals surface area contributed by atoms with Gasteiger partial charge in [0, 0.05) is 38.3 Å². The summed E-state index contributed by atoms with van der Waals surface area (Å²) in [5.41, 5.74) is 2.26. The second-order valence-corrected chi connectivity index (χ2v) is 9.88. The molecule has 0 aromatic heterocycles. The van der Waals surface area contributed by atoms with Crippen LogP contribution in [0.3, 0.4) is 0 Å². The molecule has 1 N–H and O–H groups in total. The Labute approximate surface area is 202 Å². The second kappa shape index (κ2) is 10.2. The summed E-state index contributed by atoms with van der Waals surface area (Å²) in [6.45, 7) is 10.7. The lowest BCUT2D eigenvalue weighted by Gasteiger charge is -2.36. The molecule has 7 heteroatoms. The number of ether oxygens (including phenoxy) is 1. The summed E-state index contributed by atoms with van der Waals surface area (Å²) in [7, 11) is 1.71. The molecule has 2 aliphatic heterocycles. The van der Waals surface area contributed by atoms with Gasteiger partial charge in [-0.25, -0.2) is 9.69 Å². The Bertz CT molecular complexity index is 1020. The Morgan fingerprint density at radius 2 is 1.68 bits per heavy atom. The van der Waals surface area contributed by atoms with Crippen LogP contribution in [0, 0.1) is 12.8 Å². The first kappa shape index (κ1) is 24.2. The van der Waals surface area contributed by atoms with Crippen LogP contribution in [0.4, 0.5) is 4.79 Å². The third kappa shape index (κ3) is 4.95. The predicted molar refractivity (Wildman–Crippen MR) is 132 cm³/mol. The van der Waals surface area contributed by atoms with E-state index in [1.807, 2.05) is 36.4 Å². The summed E-state index contributed by atoms with van der Waals surface area (Å²) >= 11 is 0. The van der Waals surface area contributed by atoms with Crippen LogP contribution in [-0.4, -0.2) is 66.6 Å². The quantitative estimate of drug-likeness (QED) is 0.605. The number of aryl methyl sites for hydroxylation is 1. The van der Waals surface area contributed by atoms with E-state index >= 15 is 0 Å². The molecule has 0 unspecified atom stereocenters. The van der Waals surface area contributed by atoms with Crippen LogP contribution >= 0.6 is 0 Å². The minimum absolute atomic E-state index is 0.149. The second-order valence-electron chi connectivity index (χ2n) is 9.88. The lowest BCUT2D eigenvalue weighted by atomic mass is 9.82. The number of nitrogens with one attached hydrogen (secondary N) is 1. The standard InChI is InChI=1S/C27H36N4O3/c1-20(2)17-27(23-8-6-5-7-9-23)25(32)31(26(33)28-27)19-30-14-12-29(13-15-30)18-22-16-21(3)10-11-24(22)34-4/h5-11,16,20H,12-15,17-19H2,1-4H3,(H,28,33)/t27-/m1/s1. The molecule has 1 atom stereocenters. The van der Waals surface area contributed by atoms with Gasteiger partial charge in [-0.3, -0.25) is 14.6 Å². The number of piperazine rings is 1. The Morgan fingerprint density at radius 1 is 1.00 bits per heavy atom. The van der Waals surface area contributed by atoms with Gasteiger partial charge in [0.15, 0.2) is 0 Å². The lowest BCUT2D eigenvalue weighted by Crippen LogP contribution is -2.51. The third-order valence-corrected chi connectivity index (χ3v) is 6.79. The SMILES string of the molecule is COc1ccc(C)cc1CN1CCN(CN2C(=O)N[C@](CC(C)C)(c3ccccc3)C2=O)CC1. The van der Waals surface area contributed by atoms with Crippen LogP contribution in [0.25, 0.3) is 0 Å². The zero-order chi connectivity index (χ0) is 24.3. The fraction of sp³-hybridized carbons (Fsp3) is 0.481. The van der Waals surface area contributed by atoms with E-state index < -0.39 is 5.54 Å². The molecule has 0 spiro atoms. The number of carbonyl (C=O) groups is 2. The van der Waals surface area contributed by atoms with Crippen LogP contribution in [0.1, 0.15) is 37.0 Å². The molecule has 7 nitrogen and oxygen atoms in total. The summed E-state index contributed by atoms with van der Waals surface area (Å²) in [6.07, 6.45) is 0.574. The number of imide groups is 1. The summed E-state index contributed by atoms with van der Waals surface area (Å²) in [4.78, 5) is 32.6. The van der Waals surface area contributed by atoms with Crippen molar-refractivity contribution in [3.63, 3.8) is 0 Å². The van der Waals surface area contributed by atoms with E-state index in [-0.39, 0.29) is 17.9 Å². The van der Waals surface area contributed by atoms with Crippen molar-refractivity contribution in [2.75, 3.05) is 40.0 Å². The van der Waals surface area contributed by atoms with Crippen molar-refractivity contribution < 1.29 is 14.3 Å². The molecular formula is C27H36N4O3. The molecule has 3 amide bonds. The number of methoxy groups -OCH3 is 1. The average molecular weight is 465 g/mol.